The number of carbonyl (C=O) groups excluding carboxylic acids is 3. The zero-order valence-electron chi connectivity index (χ0n) is 25.0. The Morgan fingerprint density at radius 3 is 2.38 bits per heavy atom. The molecule has 0 heterocycles. The van der Waals surface area contributed by atoms with Crippen LogP contribution < -0.4 is 10.6 Å². The van der Waals surface area contributed by atoms with Crippen molar-refractivity contribution in [1.82, 2.24) is 10.2 Å². The van der Waals surface area contributed by atoms with E-state index in [9.17, 15) is 19.5 Å². The number of alkyl carbamates (subject to hydrolysis) is 1. The minimum atomic E-state index is -0.981. The first kappa shape index (κ1) is 31.2. The summed E-state index contributed by atoms with van der Waals surface area (Å²) in [5, 5.41) is 18.1. The van der Waals surface area contributed by atoms with E-state index in [2.05, 4.69) is 10.6 Å². The van der Waals surface area contributed by atoms with Crippen LogP contribution in [0.1, 0.15) is 63.6 Å². The summed E-state index contributed by atoms with van der Waals surface area (Å²) in [4.78, 5) is 43.0. The van der Waals surface area contributed by atoms with Crippen molar-refractivity contribution in [2.24, 2.45) is 0 Å². The summed E-state index contributed by atoms with van der Waals surface area (Å²) in [6, 6.07) is 16.6. The lowest BCUT2D eigenvalue weighted by atomic mass is 9.87. The van der Waals surface area contributed by atoms with Gasteiger partial charge < -0.3 is 25.4 Å². The maximum atomic E-state index is 14.4. The number of hydrogen-bond donors (Lipinski definition) is 3. The summed E-state index contributed by atoms with van der Waals surface area (Å²) in [6.45, 7) is 7.07. The van der Waals surface area contributed by atoms with E-state index in [1.807, 2.05) is 48.7 Å². The number of fused-ring (bicyclic) bond motifs is 1. The van der Waals surface area contributed by atoms with E-state index in [1.54, 1.807) is 62.6 Å². The van der Waals surface area contributed by atoms with E-state index in [1.165, 1.54) is 0 Å². The molecule has 4 rings (SSSR count). The number of hydrogen-bond acceptors (Lipinski definition) is 6. The summed E-state index contributed by atoms with van der Waals surface area (Å²) in [7, 11) is 0. The van der Waals surface area contributed by atoms with Crippen molar-refractivity contribution in [3.8, 4) is 5.75 Å². The van der Waals surface area contributed by atoms with E-state index >= 15 is 0 Å². The smallest absolute Gasteiger partial charge is 0.408 e. The Balaban J connectivity index is 1.72. The van der Waals surface area contributed by atoms with Gasteiger partial charge in [-0.15, -0.1) is 0 Å². The second kappa shape index (κ2) is 13.5. The molecule has 3 N–H and O–H groups in total. The number of amides is 3. The molecule has 2 unspecified atom stereocenters. The van der Waals surface area contributed by atoms with Crippen molar-refractivity contribution in [3.05, 3.63) is 71.8 Å². The van der Waals surface area contributed by atoms with Crippen molar-refractivity contribution in [2.75, 3.05) is 17.3 Å². The van der Waals surface area contributed by atoms with Gasteiger partial charge in [-0.05, 0) is 112 Å². The number of phenolic OH excluding ortho intramolecular Hbond substituents is 1. The maximum absolute atomic E-state index is 14.4. The highest BCUT2D eigenvalue weighted by Gasteiger charge is 2.42. The van der Waals surface area contributed by atoms with Gasteiger partial charge in [0.25, 0.3) is 5.91 Å². The molecule has 0 bridgehead atoms. The van der Waals surface area contributed by atoms with Crippen LogP contribution >= 0.6 is 11.8 Å². The Kier molecular flexibility index (Phi) is 10.0. The Morgan fingerprint density at radius 1 is 1.05 bits per heavy atom. The molecule has 0 aliphatic heterocycles. The van der Waals surface area contributed by atoms with Crippen molar-refractivity contribution in [3.63, 3.8) is 0 Å². The Bertz CT molecular complexity index is 1430. The highest BCUT2D eigenvalue weighted by molar-refractivity contribution is 7.98. The topological polar surface area (TPSA) is 108 Å². The number of aryl methyl sites for hydroxylation is 1. The highest BCUT2D eigenvalue weighted by Crippen LogP contribution is 2.36. The quantitative estimate of drug-likeness (QED) is 0.246. The first-order valence-corrected chi connectivity index (χ1v) is 15.8. The molecule has 0 aromatic heterocycles. The van der Waals surface area contributed by atoms with Crippen LogP contribution in [0.5, 0.6) is 5.75 Å². The number of nitrogens with zero attached hydrogens (tertiary/aromatic N) is 1. The molecule has 3 aromatic rings. The number of ether oxygens (including phenoxy) is 1. The largest absolute Gasteiger partial charge is 0.508 e. The van der Waals surface area contributed by atoms with Crippen LogP contribution in [0.2, 0.25) is 0 Å². The normalized spacial score (nSPS) is 14.9. The molecule has 3 amide bonds. The molecule has 2 atom stereocenters. The van der Waals surface area contributed by atoms with E-state index in [4.69, 9.17) is 4.74 Å². The number of aromatic hydroxyl groups is 1. The summed E-state index contributed by atoms with van der Waals surface area (Å²) < 4.78 is 5.48. The molecule has 1 aliphatic carbocycles. The number of phenols is 1. The number of anilines is 1. The fourth-order valence-electron chi connectivity index (χ4n) is 5.07. The van der Waals surface area contributed by atoms with Crippen LogP contribution in [-0.2, 0) is 14.3 Å². The Morgan fingerprint density at radius 2 is 1.76 bits per heavy atom. The van der Waals surface area contributed by atoms with E-state index in [-0.39, 0.29) is 23.6 Å². The number of carbonyl (C=O) groups is 3. The number of benzene rings is 3. The molecule has 0 saturated heterocycles. The zero-order chi connectivity index (χ0) is 30.4. The molecule has 8 nitrogen and oxygen atoms in total. The molecule has 42 heavy (non-hydrogen) atoms. The van der Waals surface area contributed by atoms with Crippen LogP contribution in [0.3, 0.4) is 0 Å². The van der Waals surface area contributed by atoms with Gasteiger partial charge in [-0.1, -0.05) is 36.4 Å². The lowest BCUT2D eigenvalue weighted by Gasteiger charge is -2.43. The van der Waals surface area contributed by atoms with Gasteiger partial charge in [0.05, 0.1) is 0 Å². The minimum Gasteiger partial charge on any atom is -0.508 e. The minimum absolute atomic E-state index is 0.110. The summed E-state index contributed by atoms with van der Waals surface area (Å²) >= 11 is 1.57. The van der Waals surface area contributed by atoms with E-state index in [0.29, 0.717) is 29.0 Å². The van der Waals surface area contributed by atoms with Crippen molar-refractivity contribution < 1.29 is 24.2 Å². The average Bonchev–Trinajstić information content (AvgIpc) is 2.90. The predicted molar refractivity (Wildman–Crippen MR) is 169 cm³/mol. The van der Waals surface area contributed by atoms with Crippen LogP contribution in [0, 0.1) is 6.92 Å². The maximum Gasteiger partial charge on any atom is 0.408 e. The monoisotopic (exact) mass is 591 g/mol. The Hall–Kier alpha value is -3.72. The average molecular weight is 592 g/mol. The van der Waals surface area contributed by atoms with Gasteiger partial charge in [0, 0.05) is 11.7 Å². The van der Waals surface area contributed by atoms with Crippen LogP contribution in [0.15, 0.2) is 60.7 Å². The number of thioether (sulfide) groups is 1. The second-order valence-corrected chi connectivity index (χ2v) is 12.8. The van der Waals surface area contributed by atoms with Crippen molar-refractivity contribution in [2.45, 2.75) is 77.1 Å². The fourth-order valence-corrected chi connectivity index (χ4v) is 5.54. The molecule has 0 spiro atoms. The van der Waals surface area contributed by atoms with Gasteiger partial charge in [-0.2, -0.15) is 11.8 Å². The third-order valence-electron chi connectivity index (χ3n) is 7.40. The number of nitrogens with one attached hydrogen (secondary N) is 2. The lowest BCUT2D eigenvalue weighted by molar-refractivity contribution is -0.145. The second-order valence-electron chi connectivity index (χ2n) is 11.8. The molecule has 0 radical (unpaired) electrons. The van der Waals surface area contributed by atoms with Gasteiger partial charge in [-0.25, -0.2) is 4.79 Å². The highest BCUT2D eigenvalue weighted by atomic mass is 32.2. The van der Waals surface area contributed by atoms with Gasteiger partial charge >= 0.3 is 6.09 Å². The predicted octanol–water partition coefficient (Wildman–Crippen LogP) is 6.56. The van der Waals surface area contributed by atoms with E-state index in [0.717, 1.165) is 30.0 Å². The first-order chi connectivity index (χ1) is 20.0. The zero-order valence-corrected chi connectivity index (χ0v) is 25.8. The molecule has 9 heteroatoms. The molecule has 1 aliphatic rings. The standard InChI is InChI=1S/C33H41N3O5S/c1-21-19-24(14-16-28(21)37)29(30(38)34-25-15-13-22-9-6-7-10-23(22)20-25)36(26-11-8-12-26)31(39)27(17-18-42-5)35-32(40)41-33(2,3)4/h6-7,9-10,13-16,19-20,26-27,29,37H,8,11-12,17-18H2,1-5H3,(H,34,38)(H,35,40). The summed E-state index contributed by atoms with van der Waals surface area (Å²) in [6.07, 6.45) is 4.10. The van der Waals surface area contributed by atoms with Crippen LogP contribution in [-0.4, -0.2) is 57.6 Å². The van der Waals surface area contributed by atoms with Gasteiger partial charge in [0.2, 0.25) is 5.91 Å². The Labute approximate surface area is 252 Å². The first-order valence-electron chi connectivity index (χ1n) is 14.4. The van der Waals surface area contributed by atoms with Crippen LogP contribution in [0.25, 0.3) is 10.8 Å². The third kappa shape index (κ3) is 7.76. The van der Waals surface area contributed by atoms with Gasteiger partial charge in [0.15, 0.2) is 0 Å². The summed E-state index contributed by atoms with van der Waals surface area (Å²) in [5.74, 6) is 0.0515. The van der Waals surface area contributed by atoms with Crippen LogP contribution in [0.4, 0.5) is 10.5 Å². The van der Waals surface area contributed by atoms with E-state index < -0.39 is 23.8 Å². The summed E-state index contributed by atoms with van der Waals surface area (Å²) in [5.41, 5.74) is 1.08. The van der Waals surface area contributed by atoms with Gasteiger partial charge in [0.1, 0.15) is 23.4 Å². The molecular formula is C33H41N3O5S. The fraction of sp³-hybridized carbons (Fsp3) is 0.424. The lowest BCUT2D eigenvalue weighted by Crippen LogP contribution is -2.57. The molecule has 1 saturated carbocycles. The molecule has 3 aromatic carbocycles. The third-order valence-corrected chi connectivity index (χ3v) is 8.05. The van der Waals surface area contributed by atoms with Crippen molar-refractivity contribution in [1.29, 1.82) is 0 Å². The molecule has 1 fully saturated rings. The van der Waals surface area contributed by atoms with Crippen molar-refractivity contribution >= 4 is 46.1 Å². The molecular weight excluding hydrogens is 550 g/mol. The van der Waals surface area contributed by atoms with Gasteiger partial charge in [-0.3, -0.25) is 9.59 Å². The molecule has 224 valence electrons. The number of rotatable bonds is 10. The SMILES string of the molecule is CSCCC(NC(=O)OC(C)(C)C)C(=O)N(C1CCC1)C(C(=O)Nc1ccc2ccccc2c1)c1ccc(O)c(C)c1.